The minimum atomic E-state index is -3.54. The molecule has 0 atom stereocenters. The fourth-order valence-corrected chi connectivity index (χ4v) is 4.02. The Hall–Kier alpha value is -0.960. The number of hydrogen-bond acceptors (Lipinski definition) is 5. The number of rotatable bonds is 8. The van der Waals surface area contributed by atoms with Gasteiger partial charge in [-0.25, -0.2) is 13.1 Å². The van der Waals surface area contributed by atoms with Gasteiger partial charge in [0, 0.05) is 37.5 Å². The van der Waals surface area contributed by atoms with E-state index in [1.807, 2.05) is 13.8 Å². The SMILES string of the molecule is CCN(CC)C(=O)CCNS(=O)(=O)c1ccc(CN)s1. The number of sulfonamides is 1. The molecule has 0 aliphatic carbocycles. The summed E-state index contributed by atoms with van der Waals surface area (Å²) in [4.78, 5) is 14.2. The fourth-order valence-electron chi connectivity index (χ4n) is 1.71. The van der Waals surface area contributed by atoms with Gasteiger partial charge in [0.05, 0.1) is 0 Å². The van der Waals surface area contributed by atoms with Crippen LogP contribution in [0, 0.1) is 0 Å². The molecule has 0 spiro atoms. The summed E-state index contributed by atoms with van der Waals surface area (Å²) in [6.07, 6.45) is 0.163. The van der Waals surface area contributed by atoms with Gasteiger partial charge >= 0.3 is 0 Å². The summed E-state index contributed by atoms with van der Waals surface area (Å²) in [6, 6.07) is 3.22. The second-order valence-corrected chi connectivity index (χ2v) is 7.30. The third-order valence-corrected chi connectivity index (χ3v) is 5.91. The van der Waals surface area contributed by atoms with Crippen molar-refractivity contribution in [3.05, 3.63) is 17.0 Å². The standard InChI is InChI=1S/C12H21N3O3S2/c1-3-15(4-2)11(16)7-8-14-20(17,18)12-6-5-10(9-13)19-12/h5-6,14H,3-4,7-9,13H2,1-2H3. The van der Waals surface area contributed by atoms with Crippen molar-refractivity contribution in [2.45, 2.75) is 31.0 Å². The number of thiophene rings is 1. The molecule has 0 bridgehead atoms. The Morgan fingerprint density at radius 1 is 1.35 bits per heavy atom. The van der Waals surface area contributed by atoms with Crippen molar-refractivity contribution < 1.29 is 13.2 Å². The van der Waals surface area contributed by atoms with Crippen molar-refractivity contribution in [2.75, 3.05) is 19.6 Å². The summed E-state index contributed by atoms with van der Waals surface area (Å²) in [5.41, 5.74) is 5.46. The zero-order chi connectivity index (χ0) is 15.2. The van der Waals surface area contributed by atoms with Crippen molar-refractivity contribution in [1.29, 1.82) is 0 Å². The van der Waals surface area contributed by atoms with Gasteiger partial charge in [-0.3, -0.25) is 4.79 Å². The number of nitrogens with one attached hydrogen (secondary N) is 1. The van der Waals surface area contributed by atoms with Crippen molar-refractivity contribution >= 4 is 27.3 Å². The molecule has 0 unspecified atom stereocenters. The first-order valence-electron chi connectivity index (χ1n) is 6.50. The molecule has 0 aliphatic heterocycles. The van der Waals surface area contributed by atoms with Crippen molar-refractivity contribution in [3.8, 4) is 0 Å². The topological polar surface area (TPSA) is 92.5 Å². The highest BCUT2D eigenvalue weighted by atomic mass is 32.2. The highest BCUT2D eigenvalue weighted by Crippen LogP contribution is 2.20. The first kappa shape index (κ1) is 17.1. The Labute approximate surface area is 124 Å². The van der Waals surface area contributed by atoms with Crippen molar-refractivity contribution in [1.82, 2.24) is 9.62 Å². The van der Waals surface area contributed by atoms with Gasteiger partial charge in [0.1, 0.15) is 4.21 Å². The van der Waals surface area contributed by atoms with Crippen LogP contribution in [0.25, 0.3) is 0 Å². The van der Waals surface area contributed by atoms with Gasteiger partial charge in [-0.1, -0.05) is 0 Å². The van der Waals surface area contributed by atoms with Crippen LogP contribution in [0.4, 0.5) is 0 Å². The lowest BCUT2D eigenvalue weighted by Gasteiger charge is -2.18. The summed E-state index contributed by atoms with van der Waals surface area (Å²) >= 11 is 1.14. The summed E-state index contributed by atoms with van der Waals surface area (Å²) in [7, 11) is -3.54. The smallest absolute Gasteiger partial charge is 0.250 e. The molecule has 0 saturated heterocycles. The monoisotopic (exact) mass is 319 g/mol. The van der Waals surface area contributed by atoms with Gasteiger partial charge in [-0.15, -0.1) is 11.3 Å². The molecule has 1 aromatic rings. The molecule has 114 valence electrons. The van der Waals surface area contributed by atoms with E-state index in [2.05, 4.69) is 4.72 Å². The van der Waals surface area contributed by atoms with Crippen LogP contribution in [-0.2, 0) is 21.4 Å². The van der Waals surface area contributed by atoms with E-state index < -0.39 is 10.0 Å². The van der Waals surface area contributed by atoms with E-state index in [0.717, 1.165) is 16.2 Å². The molecule has 1 rings (SSSR count). The maximum absolute atomic E-state index is 12.0. The van der Waals surface area contributed by atoms with E-state index in [1.54, 1.807) is 11.0 Å². The van der Waals surface area contributed by atoms with E-state index >= 15 is 0 Å². The fraction of sp³-hybridized carbons (Fsp3) is 0.583. The van der Waals surface area contributed by atoms with Crippen LogP contribution >= 0.6 is 11.3 Å². The zero-order valence-electron chi connectivity index (χ0n) is 11.8. The summed E-state index contributed by atoms with van der Waals surface area (Å²) < 4.78 is 26.6. The lowest BCUT2D eigenvalue weighted by Crippen LogP contribution is -2.34. The van der Waals surface area contributed by atoms with Gasteiger partial charge in [0.15, 0.2) is 0 Å². The largest absolute Gasteiger partial charge is 0.343 e. The van der Waals surface area contributed by atoms with Gasteiger partial charge in [-0.2, -0.15) is 0 Å². The summed E-state index contributed by atoms with van der Waals surface area (Å²) in [5, 5.41) is 0. The van der Waals surface area contributed by atoms with E-state index in [4.69, 9.17) is 5.73 Å². The number of nitrogens with two attached hydrogens (primary N) is 1. The lowest BCUT2D eigenvalue weighted by atomic mass is 10.3. The molecule has 8 heteroatoms. The predicted octanol–water partition coefficient (Wildman–Crippen LogP) is 0.744. The van der Waals surface area contributed by atoms with Crippen LogP contribution in [-0.4, -0.2) is 38.9 Å². The molecule has 0 aromatic carbocycles. The Bertz CT molecular complexity index is 536. The Morgan fingerprint density at radius 2 is 2.00 bits per heavy atom. The molecule has 6 nitrogen and oxygen atoms in total. The molecule has 1 heterocycles. The Kier molecular flexibility index (Phi) is 6.60. The van der Waals surface area contributed by atoms with Crippen molar-refractivity contribution in [2.24, 2.45) is 5.73 Å². The first-order chi connectivity index (χ1) is 9.44. The second kappa shape index (κ2) is 7.72. The molecule has 1 amide bonds. The molecule has 0 saturated carbocycles. The van der Waals surface area contributed by atoms with Crippen LogP contribution in [0.2, 0.25) is 0 Å². The molecule has 0 radical (unpaired) electrons. The average molecular weight is 319 g/mol. The third-order valence-electron chi connectivity index (χ3n) is 2.85. The van der Waals surface area contributed by atoms with Crippen LogP contribution in [0.15, 0.2) is 16.3 Å². The summed E-state index contributed by atoms with van der Waals surface area (Å²) in [6.45, 7) is 5.48. The Balaban J connectivity index is 2.54. The summed E-state index contributed by atoms with van der Waals surface area (Å²) in [5.74, 6) is -0.0495. The Morgan fingerprint density at radius 3 is 2.50 bits per heavy atom. The minimum absolute atomic E-state index is 0.0495. The molecular formula is C12H21N3O3S2. The minimum Gasteiger partial charge on any atom is -0.343 e. The van der Waals surface area contributed by atoms with Gasteiger partial charge in [-0.05, 0) is 26.0 Å². The van der Waals surface area contributed by atoms with E-state index in [0.29, 0.717) is 19.6 Å². The third kappa shape index (κ3) is 4.55. The molecule has 1 aromatic heterocycles. The highest BCUT2D eigenvalue weighted by molar-refractivity contribution is 7.91. The molecular weight excluding hydrogens is 298 g/mol. The van der Waals surface area contributed by atoms with Crippen LogP contribution in [0.3, 0.4) is 0 Å². The number of carbonyl (C=O) groups is 1. The molecule has 3 N–H and O–H groups in total. The maximum Gasteiger partial charge on any atom is 0.250 e. The van der Waals surface area contributed by atoms with Crippen LogP contribution < -0.4 is 10.5 Å². The first-order valence-corrected chi connectivity index (χ1v) is 8.80. The number of amides is 1. The second-order valence-electron chi connectivity index (χ2n) is 4.14. The number of hydrogen-bond donors (Lipinski definition) is 2. The average Bonchev–Trinajstić information content (AvgIpc) is 2.89. The van der Waals surface area contributed by atoms with Crippen LogP contribution in [0.5, 0.6) is 0 Å². The quantitative estimate of drug-likeness (QED) is 0.739. The molecule has 20 heavy (non-hydrogen) atoms. The molecule has 0 aliphatic rings. The van der Waals surface area contributed by atoms with Gasteiger partial charge in [0.2, 0.25) is 15.9 Å². The van der Waals surface area contributed by atoms with Crippen molar-refractivity contribution in [3.63, 3.8) is 0 Å². The van der Waals surface area contributed by atoms with E-state index in [1.165, 1.54) is 6.07 Å². The predicted molar refractivity (Wildman–Crippen MR) is 79.9 cm³/mol. The lowest BCUT2D eigenvalue weighted by molar-refractivity contribution is -0.130. The zero-order valence-corrected chi connectivity index (χ0v) is 13.4. The normalized spacial score (nSPS) is 11.6. The number of nitrogens with zero attached hydrogens (tertiary/aromatic N) is 1. The highest BCUT2D eigenvalue weighted by Gasteiger charge is 2.17. The van der Waals surface area contributed by atoms with Crippen LogP contribution in [0.1, 0.15) is 25.1 Å². The maximum atomic E-state index is 12.0. The molecule has 0 fully saturated rings. The van der Waals surface area contributed by atoms with E-state index in [9.17, 15) is 13.2 Å². The van der Waals surface area contributed by atoms with Gasteiger partial charge in [0.25, 0.3) is 0 Å². The number of carbonyl (C=O) groups excluding carboxylic acids is 1. The van der Waals surface area contributed by atoms with E-state index in [-0.39, 0.29) is 23.1 Å². The van der Waals surface area contributed by atoms with Gasteiger partial charge < -0.3 is 10.6 Å².